The smallest absolute Gasteiger partial charge is 0.221 e. The van der Waals surface area contributed by atoms with E-state index in [4.69, 9.17) is 16.7 Å². The zero-order valence-corrected chi connectivity index (χ0v) is 14.4. The number of nitrogens with zero attached hydrogens (tertiary/aromatic N) is 4. The molecule has 2 aromatic heterocycles. The quantitative estimate of drug-likeness (QED) is 0.477. The molecule has 26 heavy (non-hydrogen) atoms. The largest absolute Gasteiger partial charge is 0.398 e. The number of aromatic nitrogens is 3. The molecule has 0 atom stereocenters. The van der Waals surface area contributed by atoms with Gasteiger partial charge in [-0.25, -0.2) is 4.98 Å². The lowest BCUT2D eigenvalue weighted by Gasteiger charge is -2.24. The molecule has 8 nitrogen and oxygen atoms in total. The molecule has 5 N–H and O–H groups in total. The molecule has 0 fully saturated rings. The predicted molar refractivity (Wildman–Crippen MR) is 97.4 cm³/mol. The molecule has 0 saturated carbocycles. The van der Waals surface area contributed by atoms with E-state index < -0.39 is 5.54 Å². The monoisotopic (exact) mass is 350 g/mol. The predicted octanol–water partition coefficient (Wildman–Crippen LogP) is 1.43. The molecule has 3 aromatic rings. The fourth-order valence-corrected chi connectivity index (χ4v) is 2.70. The fourth-order valence-electron chi connectivity index (χ4n) is 2.70. The van der Waals surface area contributed by atoms with Crippen molar-refractivity contribution in [1.29, 1.82) is 5.26 Å². The number of hydrogen-bond donors (Lipinski definition) is 3. The van der Waals surface area contributed by atoms with Gasteiger partial charge in [0.05, 0.1) is 29.0 Å². The number of nitriles is 1. The lowest BCUT2D eigenvalue weighted by Crippen LogP contribution is -2.30. The first-order valence-corrected chi connectivity index (χ1v) is 7.87. The second-order valence-corrected chi connectivity index (χ2v) is 6.59. The van der Waals surface area contributed by atoms with Crippen LogP contribution in [0.5, 0.6) is 0 Å². The van der Waals surface area contributed by atoms with Gasteiger partial charge in [0, 0.05) is 23.3 Å². The number of anilines is 2. The highest BCUT2D eigenvalue weighted by molar-refractivity contribution is 6.16. The van der Waals surface area contributed by atoms with Crippen LogP contribution in [0.15, 0.2) is 30.6 Å². The van der Waals surface area contributed by atoms with E-state index in [9.17, 15) is 9.90 Å². The number of nitrogens with two attached hydrogens (primary N) is 2. The second kappa shape index (κ2) is 6.13. The van der Waals surface area contributed by atoms with Crippen molar-refractivity contribution < 1.29 is 9.90 Å². The molecule has 0 saturated heterocycles. The molecular formula is C18H18N6O2. The molecule has 0 aliphatic carbocycles. The Kier molecular flexibility index (Phi) is 4.10. The maximum atomic E-state index is 13.0. The molecule has 0 amide bonds. The number of fused-ring (bicyclic) bond motifs is 1. The van der Waals surface area contributed by atoms with Gasteiger partial charge >= 0.3 is 0 Å². The summed E-state index contributed by atoms with van der Waals surface area (Å²) in [5.41, 5.74) is 12.5. The minimum Gasteiger partial charge on any atom is -0.398 e. The van der Waals surface area contributed by atoms with Gasteiger partial charge in [0.2, 0.25) is 5.95 Å². The minimum absolute atomic E-state index is 0.0761. The maximum absolute atomic E-state index is 13.0. The third-order valence-electron chi connectivity index (χ3n) is 4.28. The van der Waals surface area contributed by atoms with Crippen LogP contribution in [0, 0.1) is 11.3 Å². The van der Waals surface area contributed by atoms with E-state index in [0.717, 1.165) is 0 Å². The number of carbonyl (C=O) groups excluding carboxylic acids is 1. The second-order valence-electron chi connectivity index (χ2n) is 6.59. The number of benzene rings is 1. The number of aliphatic hydroxyl groups excluding tert-OH is 1. The molecule has 3 rings (SSSR count). The Hall–Kier alpha value is -3.44. The first-order valence-electron chi connectivity index (χ1n) is 7.87. The third kappa shape index (κ3) is 2.74. The number of ketones is 1. The summed E-state index contributed by atoms with van der Waals surface area (Å²) in [6.45, 7) is 3.48. The molecule has 0 aliphatic rings. The van der Waals surface area contributed by atoms with Crippen LogP contribution < -0.4 is 11.5 Å². The summed E-state index contributed by atoms with van der Waals surface area (Å²) in [4.78, 5) is 21.2. The molecule has 0 radical (unpaired) electrons. The number of nitrogen functional groups attached to an aromatic ring is 2. The molecule has 0 bridgehead atoms. The average Bonchev–Trinajstić information content (AvgIpc) is 3.00. The van der Waals surface area contributed by atoms with E-state index >= 15 is 0 Å². The van der Waals surface area contributed by atoms with Crippen LogP contribution in [-0.4, -0.2) is 32.0 Å². The normalized spacial score (nSPS) is 11.5. The molecule has 0 aliphatic heterocycles. The molecular weight excluding hydrogens is 332 g/mol. The summed E-state index contributed by atoms with van der Waals surface area (Å²) in [7, 11) is 0. The van der Waals surface area contributed by atoms with Gasteiger partial charge in [-0.15, -0.1) is 0 Å². The van der Waals surface area contributed by atoms with Crippen molar-refractivity contribution in [3.63, 3.8) is 0 Å². The summed E-state index contributed by atoms with van der Waals surface area (Å²) < 4.78 is 1.71. The molecule has 2 heterocycles. The highest BCUT2D eigenvalue weighted by Crippen LogP contribution is 2.28. The van der Waals surface area contributed by atoms with E-state index in [0.29, 0.717) is 27.7 Å². The van der Waals surface area contributed by atoms with Gasteiger partial charge in [0.15, 0.2) is 5.78 Å². The van der Waals surface area contributed by atoms with Crippen LogP contribution in [-0.2, 0) is 5.54 Å². The Bertz CT molecular complexity index is 1060. The van der Waals surface area contributed by atoms with Crippen LogP contribution in [0.25, 0.3) is 11.0 Å². The highest BCUT2D eigenvalue weighted by Gasteiger charge is 2.26. The van der Waals surface area contributed by atoms with Gasteiger partial charge in [0.25, 0.3) is 0 Å². The Morgan fingerprint density at radius 2 is 2.12 bits per heavy atom. The zero-order chi connectivity index (χ0) is 19.1. The van der Waals surface area contributed by atoms with Crippen molar-refractivity contribution in [2.45, 2.75) is 19.4 Å². The summed E-state index contributed by atoms with van der Waals surface area (Å²) in [5.74, 6) is -0.209. The van der Waals surface area contributed by atoms with E-state index in [2.05, 4.69) is 9.97 Å². The number of carbonyl (C=O) groups is 1. The third-order valence-corrected chi connectivity index (χ3v) is 4.28. The summed E-state index contributed by atoms with van der Waals surface area (Å²) in [6, 6.07) is 6.50. The Balaban J connectivity index is 2.21. The summed E-state index contributed by atoms with van der Waals surface area (Å²) >= 11 is 0. The lowest BCUT2D eigenvalue weighted by atomic mass is 10.0. The van der Waals surface area contributed by atoms with Crippen LogP contribution >= 0.6 is 0 Å². The topological polar surface area (TPSA) is 144 Å². The summed E-state index contributed by atoms with van der Waals surface area (Å²) in [5, 5.41) is 19.2. The Morgan fingerprint density at radius 1 is 1.38 bits per heavy atom. The van der Waals surface area contributed by atoms with Gasteiger partial charge < -0.3 is 21.1 Å². The van der Waals surface area contributed by atoms with Gasteiger partial charge in [-0.2, -0.15) is 10.2 Å². The van der Waals surface area contributed by atoms with Gasteiger partial charge in [-0.05, 0) is 32.0 Å². The zero-order valence-electron chi connectivity index (χ0n) is 14.4. The molecule has 132 valence electrons. The first kappa shape index (κ1) is 17.4. The van der Waals surface area contributed by atoms with Crippen molar-refractivity contribution in [3.05, 3.63) is 47.3 Å². The fraction of sp³-hybridized carbons (Fsp3) is 0.222. The molecule has 0 spiro atoms. The van der Waals surface area contributed by atoms with E-state index in [1.165, 1.54) is 18.3 Å². The van der Waals surface area contributed by atoms with Crippen LogP contribution in [0.1, 0.15) is 35.3 Å². The number of aliphatic hydroxyl groups is 1. The van der Waals surface area contributed by atoms with Crippen molar-refractivity contribution >= 4 is 28.5 Å². The SMILES string of the molecule is CC(C)(CO)n1cc(C(=O)c2ccc(C#N)c(N)c2)c2cnc(N)nc21. The van der Waals surface area contributed by atoms with Crippen molar-refractivity contribution in [2.24, 2.45) is 0 Å². The Morgan fingerprint density at radius 3 is 2.73 bits per heavy atom. The van der Waals surface area contributed by atoms with E-state index in [1.807, 2.05) is 19.9 Å². The maximum Gasteiger partial charge on any atom is 0.221 e. The van der Waals surface area contributed by atoms with E-state index in [1.54, 1.807) is 16.8 Å². The minimum atomic E-state index is -0.693. The van der Waals surface area contributed by atoms with Crippen LogP contribution in [0.2, 0.25) is 0 Å². The average molecular weight is 350 g/mol. The van der Waals surface area contributed by atoms with E-state index in [-0.39, 0.29) is 24.0 Å². The molecule has 0 unspecified atom stereocenters. The Labute approximate surface area is 149 Å². The molecule has 1 aromatic carbocycles. The standard InChI is InChI=1S/C18H18N6O2/c1-18(2,9-25)24-8-13(12-7-22-17(21)23-16(12)24)15(26)10-3-4-11(6-19)14(20)5-10/h3-5,7-8,25H,9,20H2,1-2H3,(H2,21,22,23). The number of rotatable bonds is 4. The highest BCUT2D eigenvalue weighted by atomic mass is 16.3. The van der Waals surface area contributed by atoms with Crippen molar-refractivity contribution in [3.8, 4) is 6.07 Å². The number of hydrogen-bond acceptors (Lipinski definition) is 7. The van der Waals surface area contributed by atoms with Crippen molar-refractivity contribution in [2.75, 3.05) is 18.1 Å². The van der Waals surface area contributed by atoms with Crippen LogP contribution in [0.4, 0.5) is 11.6 Å². The first-order chi connectivity index (χ1) is 12.3. The van der Waals surface area contributed by atoms with Gasteiger partial charge in [-0.1, -0.05) is 0 Å². The molecule has 8 heteroatoms. The van der Waals surface area contributed by atoms with Gasteiger partial charge in [-0.3, -0.25) is 4.79 Å². The summed E-state index contributed by atoms with van der Waals surface area (Å²) in [6.07, 6.45) is 3.12. The lowest BCUT2D eigenvalue weighted by molar-refractivity contribution is 0.103. The van der Waals surface area contributed by atoms with Crippen molar-refractivity contribution in [1.82, 2.24) is 14.5 Å². The van der Waals surface area contributed by atoms with Gasteiger partial charge in [0.1, 0.15) is 11.7 Å². The van der Waals surface area contributed by atoms with Crippen LogP contribution in [0.3, 0.4) is 0 Å².